The van der Waals surface area contributed by atoms with Gasteiger partial charge in [-0.15, -0.1) is 0 Å². The normalized spacial score (nSPS) is 9.53. The van der Waals surface area contributed by atoms with Crippen LogP contribution in [0, 0.1) is 6.92 Å². The Balaban J connectivity index is 3.23. The van der Waals surface area contributed by atoms with Crippen LogP contribution in [0.3, 0.4) is 0 Å². The summed E-state index contributed by atoms with van der Waals surface area (Å²) in [6.45, 7) is 3.04. The molecule has 0 aliphatic heterocycles. The van der Waals surface area contributed by atoms with Crippen molar-refractivity contribution in [1.82, 2.24) is 0 Å². The van der Waals surface area contributed by atoms with Gasteiger partial charge < -0.3 is 9.47 Å². The van der Waals surface area contributed by atoms with Gasteiger partial charge in [-0.1, -0.05) is 0 Å². The molecule has 0 spiro atoms. The monoisotopic (exact) mass is 208 g/mol. The molecule has 80 valence electrons. The largest absolute Gasteiger partial charge is 0.493 e. The average Bonchev–Trinajstić information content (AvgIpc) is 2.18. The average molecular weight is 208 g/mol. The number of carbonyl (C=O) groups is 2. The lowest BCUT2D eigenvalue weighted by Gasteiger charge is -2.11. The Labute approximate surface area is 87.8 Å². The standard InChI is InChI=1S/C11H12O4/c1-7-9(6-12)4-5-10(11(7)14-3)15-8(2)13/h4-6H,1-3H3. The maximum absolute atomic E-state index is 10.8. The van der Waals surface area contributed by atoms with E-state index in [-0.39, 0.29) is 0 Å². The first kappa shape index (κ1) is 11.2. The molecule has 0 unspecified atom stereocenters. The number of rotatable bonds is 3. The molecule has 0 heterocycles. The molecule has 0 aliphatic carbocycles. The molecule has 0 amide bonds. The molecule has 1 rings (SSSR count). The van der Waals surface area contributed by atoms with Crippen molar-refractivity contribution < 1.29 is 19.1 Å². The summed E-state index contributed by atoms with van der Waals surface area (Å²) in [6, 6.07) is 3.13. The molecule has 4 heteroatoms. The van der Waals surface area contributed by atoms with Gasteiger partial charge >= 0.3 is 5.97 Å². The van der Waals surface area contributed by atoms with Gasteiger partial charge in [0.15, 0.2) is 11.5 Å². The van der Waals surface area contributed by atoms with Gasteiger partial charge in [-0.3, -0.25) is 9.59 Å². The van der Waals surface area contributed by atoms with Gasteiger partial charge in [-0.05, 0) is 19.1 Å². The summed E-state index contributed by atoms with van der Waals surface area (Å²) < 4.78 is 10.0. The Kier molecular flexibility index (Phi) is 3.44. The molecule has 15 heavy (non-hydrogen) atoms. The van der Waals surface area contributed by atoms with E-state index in [0.717, 1.165) is 6.29 Å². The highest BCUT2D eigenvalue weighted by atomic mass is 16.6. The van der Waals surface area contributed by atoms with Crippen molar-refractivity contribution in [1.29, 1.82) is 0 Å². The van der Waals surface area contributed by atoms with E-state index in [0.29, 0.717) is 22.6 Å². The predicted octanol–water partition coefficient (Wildman–Crippen LogP) is 1.74. The van der Waals surface area contributed by atoms with Crippen LogP contribution in [0.5, 0.6) is 11.5 Å². The molecule has 1 aromatic rings. The molecule has 0 atom stereocenters. The van der Waals surface area contributed by atoms with E-state index < -0.39 is 5.97 Å². The molecule has 0 fully saturated rings. The Morgan fingerprint density at radius 1 is 1.40 bits per heavy atom. The van der Waals surface area contributed by atoms with Crippen molar-refractivity contribution in [3.05, 3.63) is 23.3 Å². The van der Waals surface area contributed by atoms with Crippen molar-refractivity contribution in [3.63, 3.8) is 0 Å². The van der Waals surface area contributed by atoms with Crippen molar-refractivity contribution in [2.75, 3.05) is 7.11 Å². The first-order valence-corrected chi connectivity index (χ1v) is 4.41. The number of ether oxygens (including phenoxy) is 2. The third-order valence-electron chi connectivity index (χ3n) is 2.00. The fourth-order valence-corrected chi connectivity index (χ4v) is 1.30. The molecule has 0 radical (unpaired) electrons. The summed E-state index contributed by atoms with van der Waals surface area (Å²) in [5.74, 6) is 0.314. The van der Waals surface area contributed by atoms with Crippen LogP contribution in [-0.4, -0.2) is 19.4 Å². The number of benzene rings is 1. The highest BCUT2D eigenvalue weighted by Gasteiger charge is 2.12. The summed E-state index contributed by atoms with van der Waals surface area (Å²) in [4.78, 5) is 21.5. The maximum Gasteiger partial charge on any atom is 0.308 e. The second kappa shape index (κ2) is 4.59. The topological polar surface area (TPSA) is 52.6 Å². The van der Waals surface area contributed by atoms with Crippen molar-refractivity contribution >= 4 is 12.3 Å². The van der Waals surface area contributed by atoms with E-state index in [1.807, 2.05) is 0 Å². The minimum atomic E-state index is -0.424. The van der Waals surface area contributed by atoms with Gasteiger partial charge in [0.2, 0.25) is 0 Å². The second-order valence-electron chi connectivity index (χ2n) is 3.02. The zero-order chi connectivity index (χ0) is 11.4. The van der Waals surface area contributed by atoms with Crippen molar-refractivity contribution in [3.8, 4) is 11.5 Å². The number of hydrogen-bond donors (Lipinski definition) is 0. The first-order valence-electron chi connectivity index (χ1n) is 4.41. The van der Waals surface area contributed by atoms with E-state index in [1.54, 1.807) is 13.0 Å². The summed E-state index contributed by atoms with van der Waals surface area (Å²) in [7, 11) is 1.46. The van der Waals surface area contributed by atoms with Gasteiger partial charge in [0.25, 0.3) is 0 Å². The summed E-state index contributed by atoms with van der Waals surface area (Å²) in [6.07, 6.45) is 0.732. The molecule has 4 nitrogen and oxygen atoms in total. The number of methoxy groups -OCH3 is 1. The van der Waals surface area contributed by atoms with Crippen LogP contribution < -0.4 is 9.47 Å². The molecule has 0 saturated carbocycles. The molecule has 1 aromatic carbocycles. The van der Waals surface area contributed by atoms with E-state index >= 15 is 0 Å². The van der Waals surface area contributed by atoms with Crippen molar-refractivity contribution in [2.24, 2.45) is 0 Å². The predicted molar refractivity (Wildman–Crippen MR) is 54.4 cm³/mol. The fourth-order valence-electron chi connectivity index (χ4n) is 1.30. The lowest BCUT2D eigenvalue weighted by atomic mass is 10.1. The fraction of sp³-hybridized carbons (Fsp3) is 0.273. The van der Waals surface area contributed by atoms with Crippen LogP contribution in [0.15, 0.2) is 12.1 Å². The molecule has 0 saturated heterocycles. The summed E-state index contributed by atoms with van der Waals surface area (Å²) >= 11 is 0. The van der Waals surface area contributed by atoms with Gasteiger partial charge in [-0.2, -0.15) is 0 Å². The smallest absolute Gasteiger partial charge is 0.308 e. The molecule has 0 bridgehead atoms. The Bertz CT molecular complexity index is 396. The van der Waals surface area contributed by atoms with Crippen LogP contribution in [0.4, 0.5) is 0 Å². The van der Waals surface area contributed by atoms with Crippen LogP contribution >= 0.6 is 0 Å². The van der Waals surface area contributed by atoms with Crippen LogP contribution in [0.25, 0.3) is 0 Å². The highest BCUT2D eigenvalue weighted by molar-refractivity contribution is 5.80. The van der Waals surface area contributed by atoms with Crippen LogP contribution in [-0.2, 0) is 4.79 Å². The van der Waals surface area contributed by atoms with E-state index in [4.69, 9.17) is 9.47 Å². The molecular formula is C11H12O4. The summed E-state index contributed by atoms with van der Waals surface area (Å²) in [5, 5.41) is 0. The zero-order valence-electron chi connectivity index (χ0n) is 8.87. The minimum absolute atomic E-state index is 0.327. The molecular weight excluding hydrogens is 196 g/mol. The lowest BCUT2D eigenvalue weighted by Crippen LogP contribution is -2.04. The number of carbonyl (C=O) groups excluding carboxylic acids is 2. The third kappa shape index (κ3) is 2.34. The van der Waals surface area contributed by atoms with Gasteiger partial charge in [-0.25, -0.2) is 0 Å². The second-order valence-corrected chi connectivity index (χ2v) is 3.02. The number of aldehydes is 1. The van der Waals surface area contributed by atoms with Crippen LogP contribution in [0.1, 0.15) is 22.8 Å². The quantitative estimate of drug-likeness (QED) is 0.431. The molecule has 0 aromatic heterocycles. The van der Waals surface area contributed by atoms with E-state index in [9.17, 15) is 9.59 Å². The highest BCUT2D eigenvalue weighted by Crippen LogP contribution is 2.32. The minimum Gasteiger partial charge on any atom is -0.493 e. The Morgan fingerprint density at radius 2 is 2.07 bits per heavy atom. The zero-order valence-corrected chi connectivity index (χ0v) is 8.87. The third-order valence-corrected chi connectivity index (χ3v) is 2.00. The lowest BCUT2D eigenvalue weighted by molar-refractivity contribution is -0.132. The Hall–Kier alpha value is -1.84. The van der Waals surface area contributed by atoms with Gasteiger partial charge in [0.05, 0.1) is 7.11 Å². The number of hydrogen-bond acceptors (Lipinski definition) is 4. The summed E-state index contributed by atoms with van der Waals surface area (Å²) in [5.41, 5.74) is 1.18. The van der Waals surface area contributed by atoms with E-state index in [2.05, 4.69) is 0 Å². The van der Waals surface area contributed by atoms with Gasteiger partial charge in [0, 0.05) is 18.1 Å². The number of esters is 1. The molecule has 0 N–H and O–H groups in total. The first-order chi connectivity index (χ1) is 7.10. The Morgan fingerprint density at radius 3 is 2.53 bits per heavy atom. The SMILES string of the molecule is COc1c(OC(C)=O)ccc(C=O)c1C. The van der Waals surface area contributed by atoms with Gasteiger partial charge in [0.1, 0.15) is 6.29 Å². The van der Waals surface area contributed by atoms with Crippen LogP contribution in [0.2, 0.25) is 0 Å². The van der Waals surface area contributed by atoms with E-state index in [1.165, 1.54) is 20.1 Å². The van der Waals surface area contributed by atoms with Crippen molar-refractivity contribution in [2.45, 2.75) is 13.8 Å². The molecule has 0 aliphatic rings. The maximum atomic E-state index is 10.8.